The number of hydrogen-bond donors (Lipinski definition) is 1. The largest absolute Gasteiger partial charge is 0.387 e. The maximum Gasteiger partial charge on any atom is 0.190 e. The van der Waals surface area contributed by atoms with E-state index in [9.17, 15) is 4.57 Å². The number of rotatable bonds is 1. The molecule has 38 valence electrons. The van der Waals surface area contributed by atoms with Gasteiger partial charge in [-0.05, 0) is 0 Å². The predicted molar refractivity (Wildman–Crippen MR) is 26.5 cm³/mol. The maximum atomic E-state index is 10.1. The van der Waals surface area contributed by atoms with Crippen molar-refractivity contribution in [2.75, 3.05) is 13.0 Å². The molecule has 0 aromatic rings. The van der Waals surface area contributed by atoms with Crippen molar-refractivity contribution in [2.45, 2.75) is 0 Å². The Labute approximate surface area is 41.3 Å². The molecule has 6 heavy (non-hydrogen) atoms. The summed E-state index contributed by atoms with van der Waals surface area (Å²) in [5.41, 5.74) is 0. The molecule has 4 heteroatoms. The number of hydrogen-bond acceptors (Lipinski definition) is 2. The third kappa shape index (κ3) is 4.48. The van der Waals surface area contributed by atoms with Crippen LogP contribution in [0.5, 0.6) is 0 Å². The summed E-state index contributed by atoms with van der Waals surface area (Å²) < 4.78 is 10.1. The molecule has 0 saturated heterocycles. The van der Waals surface area contributed by atoms with Crippen molar-refractivity contribution in [2.24, 2.45) is 0 Å². The highest BCUT2D eigenvalue weighted by molar-refractivity contribution is 7.88. The summed E-state index contributed by atoms with van der Waals surface area (Å²) in [4.78, 5) is 0. The normalized spacial score (nSPS) is 19.8. The van der Waals surface area contributed by atoms with Crippen molar-refractivity contribution in [3.63, 3.8) is 0 Å². The zero-order valence-electron chi connectivity index (χ0n) is 3.39. The second-order valence-corrected chi connectivity index (χ2v) is 5.53. The van der Waals surface area contributed by atoms with Crippen LogP contribution in [0.2, 0.25) is 0 Å². The van der Waals surface area contributed by atoms with E-state index in [4.69, 9.17) is 16.3 Å². The van der Waals surface area contributed by atoms with Crippen molar-refractivity contribution in [3.05, 3.63) is 0 Å². The molecular formula is C2H6ClO2P. The highest BCUT2D eigenvalue weighted by Gasteiger charge is 2.04. The van der Waals surface area contributed by atoms with Gasteiger partial charge in [-0.25, -0.2) is 0 Å². The molecule has 0 aromatic heterocycles. The van der Waals surface area contributed by atoms with Gasteiger partial charge in [0, 0.05) is 6.66 Å². The molecule has 1 N–H and O–H groups in total. The molecule has 0 aliphatic carbocycles. The monoisotopic (exact) mass is 128 g/mol. The number of aliphatic hydroxyl groups excluding tert-OH is 1. The summed E-state index contributed by atoms with van der Waals surface area (Å²) in [6.07, 6.45) is -0.408. The van der Waals surface area contributed by atoms with Crippen molar-refractivity contribution < 1.29 is 9.67 Å². The lowest BCUT2D eigenvalue weighted by Gasteiger charge is -1.91. The third-order valence-corrected chi connectivity index (χ3v) is 1.08. The summed E-state index contributed by atoms with van der Waals surface area (Å²) in [6.45, 7) is -1.30. The SMILES string of the molecule is CP(=O)(Cl)CO. The van der Waals surface area contributed by atoms with Crippen molar-refractivity contribution >= 4 is 17.7 Å². The number of aliphatic hydroxyl groups is 1. The van der Waals surface area contributed by atoms with Gasteiger partial charge in [0.25, 0.3) is 0 Å². The molecule has 0 rings (SSSR count). The van der Waals surface area contributed by atoms with Gasteiger partial charge in [-0.1, -0.05) is 11.2 Å². The van der Waals surface area contributed by atoms with Gasteiger partial charge in [0.1, 0.15) is 6.35 Å². The Morgan fingerprint density at radius 2 is 2.17 bits per heavy atom. The number of halogens is 1. The van der Waals surface area contributed by atoms with Crippen LogP contribution in [0.25, 0.3) is 0 Å². The standard InChI is InChI=1S/C2H6ClO2P/c1-6(3,5)2-4/h4H,2H2,1H3. The van der Waals surface area contributed by atoms with E-state index >= 15 is 0 Å². The molecule has 0 saturated carbocycles. The summed E-state index contributed by atoms with van der Waals surface area (Å²) >= 11 is 5.02. The van der Waals surface area contributed by atoms with E-state index in [-0.39, 0.29) is 0 Å². The zero-order valence-corrected chi connectivity index (χ0v) is 5.04. The fourth-order valence-corrected chi connectivity index (χ4v) is 0. The van der Waals surface area contributed by atoms with Crippen LogP contribution in [0.1, 0.15) is 0 Å². The van der Waals surface area contributed by atoms with Gasteiger partial charge in [0.15, 0.2) is 6.49 Å². The Hall–Kier alpha value is 0.480. The van der Waals surface area contributed by atoms with E-state index in [1.807, 2.05) is 0 Å². The Bertz CT molecular complexity index is 75.6. The molecule has 0 fully saturated rings. The van der Waals surface area contributed by atoms with Crippen LogP contribution in [0.3, 0.4) is 0 Å². The first-order chi connectivity index (χ1) is 2.56. The Balaban J connectivity index is 3.48. The average molecular weight is 128 g/mol. The lowest BCUT2D eigenvalue weighted by atomic mass is 11.7. The molecule has 0 aromatic carbocycles. The second kappa shape index (κ2) is 1.97. The smallest absolute Gasteiger partial charge is 0.190 e. The van der Waals surface area contributed by atoms with Gasteiger partial charge in [0.05, 0.1) is 0 Å². The summed E-state index contributed by atoms with van der Waals surface area (Å²) in [5.74, 6) is 0. The minimum Gasteiger partial charge on any atom is -0.387 e. The quantitative estimate of drug-likeness (QED) is 0.537. The van der Waals surface area contributed by atoms with Crippen molar-refractivity contribution in [1.29, 1.82) is 0 Å². The molecule has 0 spiro atoms. The lowest BCUT2D eigenvalue weighted by molar-refractivity contribution is 0.362. The molecule has 0 heterocycles. The fraction of sp³-hybridized carbons (Fsp3) is 1.00. The van der Waals surface area contributed by atoms with Gasteiger partial charge in [-0.3, -0.25) is 0 Å². The first-order valence-corrected chi connectivity index (χ1v) is 4.68. The Morgan fingerprint density at radius 3 is 2.17 bits per heavy atom. The molecule has 1 unspecified atom stereocenters. The minimum absolute atomic E-state index is 0.408. The lowest BCUT2D eigenvalue weighted by Crippen LogP contribution is -1.73. The summed E-state index contributed by atoms with van der Waals surface area (Å²) in [5, 5.41) is 8.01. The van der Waals surface area contributed by atoms with E-state index in [2.05, 4.69) is 0 Å². The third-order valence-electron chi connectivity index (χ3n) is 0.253. The van der Waals surface area contributed by atoms with Crippen LogP contribution in [-0.2, 0) is 4.57 Å². The molecule has 0 aliphatic heterocycles. The van der Waals surface area contributed by atoms with Crippen LogP contribution < -0.4 is 0 Å². The minimum atomic E-state index is -2.62. The Morgan fingerprint density at radius 1 is 2.00 bits per heavy atom. The summed E-state index contributed by atoms with van der Waals surface area (Å²) in [6, 6.07) is 0. The van der Waals surface area contributed by atoms with E-state index < -0.39 is 12.8 Å². The average Bonchev–Trinajstić information content (AvgIpc) is 1.35. The predicted octanol–water partition coefficient (Wildman–Crippen LogP) is 1.08. The Kier molecular flexibility index (Phi) is 2.12. The van der Waals surface area contributed by atoms with E-state index in [0.29, 0.717) is 0 Å². The molecule has 0 aliphatic rings. The molecule has 2 nitrogen and oxygen atoms in total. The van der Waals surface area contributed by atoms with Gasteiger partial charge >= 0.3 is 0 Å². The maximum absolute atomic E-state index is 10.1. The van der Waals surface area contributed by atoms with Crippen LogP contribution in [0.15, 0.2) is 0 Å². The fourth-order valence-electron chi connectivity index (χ4n) is 0. The van der Waals surface area contributed by atoms with Crippen molar-refractivity contribution in [3.8, 4) is 0 Å². The molecule has 1 atom stereocenters. The van der Waals surface area contributed by atoms with Crippen LogP contribution in [0.4, 0.5) is 0 Å². The summed E-state index contributed by atoms with van der Waals surface area (Å²) in [7, 11) is 0. The van der Waals surface area contributed by atoms with E-state index in [1.165, 1.54) is 6.66 Å². The topological polar surface area (TPSA) is 37.3 Å². The molecule has 0 amide bonds. The second-order valence-electron chi connectivity index (χ2n) is 1.13. The van der Waals surface area contributed by atoms with Crippen LogP contribution in [0, 0.1) is 0 Å². The zero-order chi connectivity index (χ0) is 5.21. The van der Waals surface area contributed by atoms with Gasteiger partial charge < -0.3 is 9.67 Å². The van der Waals surface area contributed by atoms with Crippen molar-refractivity contribution in [1.82, 2.24) is 0 Å². The van der Waals surface area contributed by atoms with Crippen LogP contribution in [-0.4, -0.2) is 18.1 Å². The molecular weight excluding hydrogens is 122 g/mol. The van der Waals surface area contributed by atoms with Gasteiger partial charge in [0.2, 0.25) is 0 Å². The molecule has 0 bridgehead atoms. The van der Waals surface area contributed by atoms with E-state index in [1.54, 1.807) is 0 Å². The first-order valence-electron chi connectivity index (χ1n) is 1.43. The van der Waals surface area contributed by atoms with Gasteiger partial charge in [-0.15, -0.1) is 0 Å². The molecule has 0 radical (unpaired) electrons. The highest BCUT2D eigenvalue weighted by atomic mass is 35.7. The van der Waals surface area contributed by atoms with Crippen LogP contribution >= 0.6 is 17.7 Å². The van der Waals surface area contributed by atoms with Gasteiger partial charge in [-0.2, -0.15) is 0 Å². The first kappa shape index (κ1) is 6.48. The van der Waals surface area contributed by atoms with E-state index in [0.717, 1.165) is 0 Å². The highest BCUT2D eigenvalue weighted by Crippen LogP contribution is 2.44.